The molecule has 0 radical (unpaired) electrons. The van der Waals surface area contributed by atoms with Crippen LogP contribution in [0.1, 0.15) is 48.8 Å². The molecule has 1 N–H and O–H groups in total. The molecule has 12 heteroatoms. The number of hydrogen-bond acceptors (Lipinski definition) is 4. The Kier molecular flexibility index (Phi) is 6.95. The van der Waals surface area contributed by atoms with E-state index in [1.54, 1.807) is 24.3 Å². The zero-order valence-corrected chi connectivity index (χ0v) is 19.7. The van der Waals surface area contributed by atoms with E-state index in [4.69, 9.17) is 9.73 Å². The number of nitrogens with one attached hydrogen (secondary N) is 1. The molecule has 1 fully saturated rings. The molecule has 0 bridgehead atoms. The summed E-state index contributed by atoms with van der Waals surface area (Å²) in [5.41, 5.74) is -4.14. The van der Waals surface area contributed by atoms with E-state index in [-0.39, 0.29) is 11.8 Å². The number of ether oxygens (including phenoxy) is 1. The zero-order valence-electron chi connectivity index (χ0n) is 19.7. The maximum Gasteiger partial charge on any atom is 0.416 e. The van der Waals surface area contributed by atoms with Gasteiger partial charge in [-0.25, -0.2) is 0 Å². The van der Waals surface area contributed by atoms with E-state index in [1.165, 1.54) is 12.0 Å². The largest absolute Gasteiger partial charge is 0.497 e. The number of methoxy groups -OCH3 is 1. The zero-order chi connectivity index (χ0) is 27.0. The van der Waals surface area contributed by atoms with Crippen LogP contribution >= 0.6 is 0 Å². The number of nitrogens with zero attached hydrogens (tertiary/aromatic N) is 2. The van der Waals surface area contributed by atoms with Crippen molar-refractivity contribution < 1.29 is 40.7 Å². The maximum absolute atomic E-state index is 13.4. The van der Waals surface area contributed by atoms with Crippen LogP contribution in [0.2, 0.25) is 0 Å². The van der Waals surface area contributed by atoms with Gasteiger partial charge in [-0.2, -0.15) is 26.3 Å². The SMILES string of the molecule is COc1ccc(C2=NC3(CCCCC3)N(CC(=O)Nc3cc(C(F)(F)F)cc(C(F)(F)F)c3)C2=O)cc1. The van der Waals surface area contributed by atoms with Gasteiger partial charge in [-0.15, -0.1) is 0 Å². The van der Waals surface area contributed by atoms with Crippen LogP contribution in [-0.4, -0.2) is 41.7 Å². The van der Waals surface area contributed by atoms with Crippen molar-refractivity contribution in [2.75, 3.05) is 19.0 Å². The Morgan fingerprint density at radius 1 is 0.973 bits per heavy atom. The van der Waals surface area contributed by atoms with E-state index in [0.29, 0.717) is 36.3 Å². The fourth-order valence-corrected chi connectivity index (χ4v) is 4.66. The van der Waals surface area contributed by atoms with Crippen molar-refractivity contribution in [2.45, 2.75) is 50.1 Å². The van der Waals surface area contributed by atoms with Crippen LogP contribution in [-0.2, 0) is 21.9 Å². The Bertz CT molecular complexity index is 1180. The molecule has 1 aliphatic heterocycles. The molecule has 6 nitrogen and oxygen atoms in total. The molecule has 0 atom stereocenters. The summed E-state index contributed by atoms with van der Waals surface area (Å²) >= 11 is 0. The fourth-order valence-electron chi connectivity index (χ4n) is 4.66. The Labute approximate surface area is 208 Å². The van der Waals surface area contributed by atoms with Gasteiger partial charge < -0.3 is 15.0 Å². The third kappa shape index (κ3) is 5.57. The molecule has 37 heavy (non-hydrogen) atoms. The molecule has 0 unspecified atom stereocenters. The van der Waals surface area contributed by atoms with E-state index in [9.17, 15) is 35.9 Å². The molecule has 1 aliphatic carbocycles. The summed E-state index contributed by atoms with van der Waals surface area (Å²) in [5.74, 6) is -0.906. The quantitative estimate of drug-likeness (QED) is 0.510. The van der Waals surface area contributed by atoms with Gasteiger partial charge in [0, 0.05) is 11.3 Å². The number of carbonyl (C=O) groups is 2. The van der Waals surface area contributed by atoms with Crippen molar-refractivity contribution >= 4 is 23.2 Å². The first-order chi connectivity index (χ1) is 17.3. The molecule has 198 valence electrons. The number of anilines is 1. The standard InChI is InChI=1S/C25H23F6N3O3/c1-37-19-7-5-15(6-8-19)21-22(36)34(23(33-21)9-3-2-4-10-23)14-20(35)32-18-12-16(24(26,27)28)11-17(13-18)25(29,30)31/h5-8,11-13H,2-4,9-10,14H2,1H3,(H,32,35). The third-order valence-corrected chi connectivity index (χ3v) is 6.46. The molecule has 2 aromatic rings. The van der Waals surface area contributed by atoms with Crippen LogP contribution in [0, 0.1) is 0 Å². The smallest absolute Gasteiger partial charge is 0.416 e. The highest BCUT2D eigenvalue weighted by Gasteiger charge is 2.48. The third-order valence-electron chi connectivity index (χ3n) is 6.46. The van der Waals surface area contributed by atoms with Gasteiger partial charge in [-0.05, 0) is 68.1 Å². The van der Waals surface area contributed by atoms with Crippen LogP contribution < -0.4 is 10.1 Å². The van der Waals surface area contributed by atoms with E-state index in [1.807, 2.05) is 0 Å². The lowest BCUT2D eigenvalue weighted by atomic mass is 9.88. The Hall–Kier alpha value is -3.57. The molecule has 2 aromatic carbocycles. The first kappa shape index (κ1) is 26.5. The van der Waals surface area contributed by atoms with E-state index in [0.717, 1.165) is 19.3 Å². The summed E-state index contributed by atoms with van der Waals surface area (Å²) in [6, 6.07) is 7.43. The first-order valence-corrected chi connectivity index (χ1v) is 11.5. The summed E-state index contributed by atoms with van der Waals surface area (Å²) in [6.07, 6.45) is -6.76. The summed E-state index contributed by atoms with van der Waals surface area (Å²) in [5, 5.41) is 2.11. The van der Waals surface area contributed by atoms with Gasteiger partial charge in [0.25, 0.3) is 5.91 Å². The van der Waals surface area contributed by atoms with Gasteiger partial charge in [-0.1, -0.05) is 6.42 Å². The van der Waals surface area contributed by atoms with Crippen molar-refractivity contribution in [1.82, 2.24) is 4.90 Å². The van der Waals surface area contributed by atoms with Crippen LogP contribution in [0.3, 0.4) is 0 Å². The summed E-state index contributed by atoms with van der Waals surface area (Å²) in [7, 11) is 1.49. The lowest BCUT2D eigenvalue weighted by Crippen LogP contribution is -2.51. The normalized spacial score (nSPS) is 17.6. The van der Waals surface area contributed by atoms with Gasteiger partial charge in [0.2, 0.25) is 5.91 Å². The average Bonchev–Trinajstić information content (AvgIpc) is 3.09. The number of halogens is 6. The van der Waals surface area contributed by atoms with Crippen molar-refractivity contribution in [3.05, 3.63) is 59.2 Å². The number of amides is 2. The minimum Gasteiger partial charge on any atom is -0.497 e. The molecule has 4 rings (SSSR count). The summed E-state index contributed by atoms with van der Waals surface area (Å²) in [4.78, 5) is 32.2. The molecular weight excluding hydrogens is 504 g/mol. The molecule has 1 spiro atoms. The van der Waals surface area contributed by atoms with Gasteiger partial charge in [0.1, 0.15) is 23.7 Å². The molecule has 0 saturated heterocycles. The highest BCUT2D eigenvalue weighted by Crippen LogP contribution is 2.40. The number of alkyl halides is 6. The molecule has 1 saturated carbocycles. The predicted molar refractivity (Wildman–Crippen MR) is 122 cm³/mol. The Morgan fingerprint density at radius 3 is 2.05 bits per heavy atom. The predicted octanol–water partition coefficient (Wildman–Crippen LogP) is 5.66. The average molecular weight is 527 g/mol. The van der Waals surface area contributed by atoms with Crippen molar-refractivity contribution in [3.8, 4) is 5.75 Å². The second-order valence-corrected chi connectivity index (χ2v) is 8.97. The summed E-state index contributed by atoms with van der Waals surface area (Å²) in [6.45, 7) is -0.584. The number of hydrogen-bond donors (Lipinski definition) is 1. The lowest BCUT2D eigenvalue weighted by molar-refractivity contribution is -0.143. The monoisotopic (exact) mass is 527 g/mol. The minimum atomic E-state index is -5.06. The second-order valence-electron chi connectivity index (χ2n) is 8.97. The van der Waals surface area contributed by atoms with Crippen LogP contribution in [0.5, 0.6) is 5.75 Å². The van der Waals surface area contributed by atoms with Crippen molar-refractivity contribution in [1.29, 1.82) is 0 Å². The topological polar surface area (TPSA) is 71.0 Å². The van der Waals surface area contributed by atoms with Crippen molar-refractivity contribution in [3.63, 3.8) is 0 Å². The molecule has 0 aromatic heterocycles. The van der Waals surface area contributed by atoms with E-state index < -0.39 is 53.2 Å². The summed E-state index contributed by atoms with van der Waals surface area (Å²) < 4.78 is 84.3. The van der Waals surface area contributed by atoms with Crippen LogP contribution in [0.4, 0.5) is 32.0 Å². The number of rotatable bonds is 5. The van der Waals surface area contributed by atoms with Gasteiger partial charge in [-0.3, -0.25) is 14.6 Å². The van der Waals surface area contributed by atoms with E-state index in [2.05, 4.69) is 5.32 Å². The highest BCUT2D eigenvalue weighted by atomic mass is 19.4. The van der Waals surface area contributed by atoms with E-state index >= 15 is 0 Å². The number of aliphatic imine (C=N–C) groups is 1. The fraction of sp³-hybridized carbons (Fsp3) is 0.400. The molecule has 2 amide bonds. The van der Waals surface area contributed by atoms with Crippen LogP contribution in [0.25, 0.3) is 0 Å². The van der Waals surface area contributed by atoms with Gasteiger partial charge in [0.05, 0.1) is 18.2 Å². The molecule has 1 heterocycles. The first-order valence-electron chi connectivity index (χ1n) is 11.5. The Morgan fingerprint density at radius 2 is 1.54 bits per heavy atom. The van der Waals surface area contributed by atoms with Gasteiger partial charge in [0.15, 0.2) is 0 Å². The maximum atomic E-state index is 13.4. The van der Waals surface area contributed by atoms with Gasteiger partial charge >= 0.3 is 12.4 Å². The molecule has 2 aliphatic rings. The lowest BCUT2D eigenvalue weighted by Gasteiger charge is -2.38. The number of carbonyl (C=O) groups excluding carboxylic acids is 2. The highest BCUT2D eigenvalue weighted by molar-refractivity contribution is 6.47. The second kappa shape index (κ2) is 9.71. The molecular formula is C25H23F6N3O3. The van der Waals surface area contributed by atoms with Crippen LogP contribution in [0.15, 0.2) is 47.5 Å². The van der Waals surface area contributed by atoms with Crippen molar-refractivity contribution in [2.24, 2.45) is 4.99 Å². The number of benzene rings is 2. The minimum absolute atomic E-state index is 0.0222. The Balaban J connectivity index is 1.60.